The SMILES string of the molecule is CSPCC(F)(F)F. The average molecular weight is 162 g/mol. The molecule has 0 saturated heterocycles. The van der Waals surface area contributed by atoms with Gasteiger partial charge in [0.25, 0.3) is 0 Å². The summed E-state index contributed by atoms with van der Waals surface area (Å²) in [4.78, 5) is 0. The largest absolute Gasteiger partial charge is 0.393 e. The Labute approximate surface area is 51.8 Å². The topological polar surface area (TPSA) is 0 Å². The standard InChI is InChI=1S/C3H6F3PS/c1-8-7-2-3(4,5)6/h7H,2H2,1H3. The summed E-state index contributed by atoms with van der Waals surface area (Å²) < 4.78 is 33.7. The van der Waals surface area contributed by atoms with Gasteiger partial charge in [-0.15, -0.1) is 11.4 Å². The van der Waals surface area contributed by atoms with E-state index in [0.717, 1.165) is 0 Å². The summed E-state index contributed by atoms with van der Waals surface area (Å²) in [6.45, 7) is 0. The lowest BCUT2D eigenvalue weighted by atomic mass is 10.8. The Bertz CT molecular complexity index is 62.0. The van der Waals surface area contributed by atoms with E-state index in [4.69, 9.17) is 0 Å². The fourth-order valence-electron chi connectivity index (χ4n) is 0.154. The normalized spacial score (nSPS) is 13.5. The van der Waals surface area contributed by atoms with Crippen LogP contribution in [0, 0.1) is 0 Å². The molecule has 0 aromatic rings. The molecule has 0 aromatic heterocycles. The molecule has 0 N–H and O–H groups in total. The lowest BCUT2D eigenvalue weighted by Crippen LogP contribution is -2.08. The maximum atomic E-state index is 11.2. The van der Waals surface area contributed by atoms with Crippen molar-refractivity contribution in [1.82, 2.24) is 0 Å². The number of rotatable bonds is 2. The highest BCUT2D eigenvalue weighted by Crippen LogP contribution is 2.33. The Morgan fingerprint density at radius 1 is 1.50 bits per heavy atom. The van der Waals surface area contributed by atoms with Crippen LogP contribution in [0.2, 0.25) is 0 Å². The molecule has 50 valence electrons. The first-order valence-electron chi connectivity index (χ1n) is 1.89. The second-order valence-corrected chi connectivity index (χ2v) is 4.28. The molecule has 0 aromatic carbocycles. The van der Waals surface area contributed by atoms with E-state index in [1.807, 2.05) is 0 Å². The van der Waals surface area contributed by atoms with Crippen LogP contribution < -0.4 is 0 Å². The van der Waals surface area contributed by atoms with Crippen molar-refractivity contribution in [3.63, 3.8) is 0 Å². The van der Waals surface area contributed by atoms with Gasteiger partial charge in [-0.1, -0.05) is 7.78 Å². The highest BCUT2D eigenvalue weighted by Gasteiger charge is 2.25. The van der Waals surface area contributed by atoms with Crippen LogP contribution in [0.5, 0.6) is 0 Å². The van der Waals surface area contributed by atoms with Crippen molar-refractivity contribution in [3.05, 3.63) is 0 Å². The zero-order valence-corrected chi connectivity index (χ0v) is 6.07. The fraction of sp³-hybridized carbons (Fsp3) is 1.00. The summed E-state index contributed by atoms with van der Waals surface area (Å²) in [5.74, 6) is 0. The molecule has 1 unspecified atom stereocenters. The van der Waals surface area contributed by atoms with Crippen molar-refractivity contribution < 1.29 is 13.2 Å². The molecule has 0 radical (unpaired) electrons. The highest BCUT2D eigenvalue weighted by molar-refractivity contribution is 8.49. The van der Waals surface area contributed by atoms with E-state index < -0.39 is 12.3 Å². The first-order valence-corrected chi connectivity index (χ1v) is 5.04. The zero-order valence-electron chi connectivity index (χ0n) is 4.25. The monoisotopic (exact) mass is 162 g/mol. The molecule has 1 atom stereocenters. The van der Waals surface area contributed by atoms with Gasteiger partial charge in [0.05, 0.1) is 6.16 Å². The van der Waals surface area contributed by atoms with Gasteiger partial charge in [0.2, 0.25) is 0 Å². The molecule has 0 saturated carbocycles. The number of hydrogen-bond acceptors (Lipinski definition) is 1. The summed E-state index contributed by atoms with van der Waals surface area (Å²) in [5.41, 5.74) is 0. The third-order valence-electron chi connectivity index (χ3n) is 0.417. The molecule has 0 bridgehead atoms. The van der Waals surface area contributed by atoms with Crippen molar-refractivity contribution in [2.24, 2.45) is 0 Å². The van der Waals surface area contributed by atoms with E-state index in [9.17, 15) is 13.2 Å². The summed E-state index contributed by atoms with van der Waals surface area (Å²) in [6.07, 6.45) is -2.93. The molecule has 0 spiro atoms. The van der Waals surface area contributed by atoms with E-state index in [0.29, 0.717) is 0 Å². The summed E-state index contributed by atoms with van der Waals surface area (Å²) in [7, 11) is -0.0421. The number of alkyl halides is 3. The maximum absolute atomic E-state index is 11.2. The van der Waals surface area contributed by atoms with Crippen molar-refractivity contribution in [2.75, 3.05) is 12.4 Å². The van der Waals surface area contributed by atoms with E-state index in [1.54, 1.807) is 6.26 Å². The minimum atomic E-state index is -3.96. The van der Waals surface area contributed by atoms with Crippen LogP contribution >= 0.6 is 19.2 Å². The summed E-state index contributed by atoms with van der Waals surface area (Å²) in [6, 6.07) is 0. The van der Waals surface area contributed by atoms with E-state index in [1.165, 1.54) is 11.4 Å². The predicted molar refractivity (Wildman–Crippen MR) is 32.8 cm³/mol. The molecular formula is C3H6F3PS. The van der Waals surface area contributed by atoms with Gasteiger partial charge < -0.3 is 0 Å². The molecule has 0 rings (SSSR count). The Morgan fingerprint density at radius 2 is 2.00 bits per heavy atom. The van der Waals surface area contributed by atoms with Gasteiger partial charge >= 0.3 is 6.18 Å². The van der Waals surface area contributed by atoms with Crippen LogP contribution in [-0.4, -0.2) is 18.6 Å². The van der Waals surface area contributed by atoms with Gasteiger partial charge in [-0.2, -0.15) is 13.2 Å². The van der Waals surface area contributed by atoms with Crippen LogP contribution in [0.25, 0.3) is 0 Å². The van der Waals surface area contributed by atoms with Gasteiger partial charge in [-0.25, -0.2) is 0 Å². The van der Waals surface area contributed by atoms with Crippen LogP contribution in [0.1, 0.15) is 0 Å². The van der Waals surface area contributed by atoms with Crippen molar-refractivity contribution in [3.8, 4) is 0 Å². The lowest BCUT2D eigenvalue weighted by Gasteiger charge is -2.01. The van der Waals surface area contributed by atoms with Crippen LogP contribution in [0.4, 0.5) is 13.2 Å². The molecule has 0 aliphatic rings. The smallest absolute Gasteiger partial charge is 0.171 e. The third-order valence-corrected chi connectivity index (χ3v) is 2.55. The van der Waals surface area contributed by atoms with Crippen molar-refractivity contribution in [2.45, 2.75) is 6.18 Å². The average Bonchev–Trinajstić information content (AvgIpc) is 1.59. The molecular weight excluding hydrogens is 156 g/mol. The quantitative estimate of drug-likeness (QED) is 0.562. The molecule has 0 nitrogen and oxygen atoms in total. The number of hydrogen-bond donors (Lipinski definition) is 0. The van der Waals surface area contributed by atoms with Crippen LogP contribution in [0.3, 0.4) is 0 Å². The van der Waals surface area contributed by atoms with Crippen LogP contribution in [-0.2, 0) is 0 Å². The van der Waals surface area contributed by atoms with E-state index in [-0.39, 0.29) is 7.78 Å². The van der Waals surface area contributed by atoms with Gasteiger partial charge in [0.1, 0.15) is 0 Å². The molecule has 0 aliphatic carbocycles. The Balaban J connectivity index is 3.11. The minimum Gasteiger partial charge on any atom is -0.171 e. The van der Waals surface area contributed by atoms with Gasteiger partial charge in [-0.05, 0) is 6.26 Å². The maximum Gasteiger partial charge on any atom is 0.393 e. The van der Waals surface area contributed by atoms with E-state index in [2.05, 4.69) is 0 Å². The molecule has 0 heterocycles. The molecule has 5 heteroatoms. The molecule has 0 amide bonds. The molecule has 8 heavy (non-hydrogen) atoms. The second-order valence-electron chi connectivity index (χ2n) is 1.14. The highest BCUT2D eigenvalue weighted by atomic mass is 32.7. The van der Waals surface area contributed by atoms with Gasteiger partial charge in [0.15, 0.2) is 0 Å². The van der Waals surface area contributed by atoms with Crippen molar-refractivity contribution >= 4 is 19.2 Å². The summed E-state index contributed by atoms with van der Waals surface area (Å²) in [5, 5.41) is 0. The number of halogens is 3. The first-order chi connectivity index (χ1) is 3.56. The Kier molecular flexibility index (Phi) is 3.82. The first kappa shape index (κ1) is 8.57. The van der Waals surface area contributed by atoms with Gasteiger partial charge in [-0.3, -0.25) is 0 Å². The molecule has 0 aliphatic heterocycles. The van der Waals surface area contributed by atoms with Crippen LogP contribution in [0.15, 0.2) is 0 Å². The fourth-order valence-corrected chi connectivity index (χ4v) is 1.39. The Morgan fingerprint density at radius 3 is 2.12 bits per heavy atom. The predicted octanol–water partition coefficient (Wildman–Crippen LogP) is 2.51. The Hall–Kier alpha value is 0.570. The summed E-state index contributed by atoms with van der Waals surface area (Å²) >= 11 is 1.24. The second kappa shape index (κ2) is 3.57. The van der Waals surface area contributed by atoms with Crippen molar-refractivity contribution in [1.29, 1.82) is 0 Å². The molecule has 0 fully saturated rings. The minimum absolute atomic E-state index is 0.0421. The third kappa shape index (κ3) is 6.57. The van der Waals surface area contributed by atoms with E-state index >= 15 is 0 Å². The zero-order chi connectivity index (χ0) is 6.62. The van der Waals surface area contributed by atoms with Gasteiger partial charge in [0, 0.05) is 0 Å². The lowest BCUT2D eigenvalue weighted by molar-refractivity contribution is -0.105.